The summed E-state index contributed by atoms with van der Waals surface area (Å²) in [7, 11) is 0. The summed E-state index contributed by atoms with van der Waals surface area (Å²) < 4.78 is 2.75. The molecule has 0 aliphatic heterocycles. The Morgan fingerprint density at radius 2 is 2.06 bits per heavy atom. The van der Waals surface area contributed by atoms with Crippen LogP contribution in [-0.4, -0.2) is 19.5 Å². The maximum absolute atomic E-state index is 5.31. The third kappa shape index (κ3) is 1.85. The Balaban J connectivity index is 2.12. The van der Waals surface area contributed by atoms with E-state index in [-0.39, 0.29) is 0 Å². The topological polar surface area (TPSA) is 46.5 Å². The molecule has 17 heavy (non-hydrogen) atoms. The zero-order chi connectivity index (χ0) is 11.7. The second-order valence-corrected chi connectivity index (χ2v) is 4.16. The van der Waals surface area contributed by atoms with Gasteiger partial charge in [0.2, 0.25) is 0 Å². The average Bonchev–Trinajstić information content (AvgIpc) is 2.68. The van der Waals surface area contributed by atoms with Gasteiger partial charge in [0.15, 0.2) is 4.77 Å². The fourth-order valence-electron chi connectivity index (χ4n) is 1.84. The molecular weight excluding hydrogens is 232 g/mol. The Morgan fingerprint density at radius 3 is 2.88 bits per heavy atom. The Labute approximate surface area is 103 Å². The maximum Gasteiger partial charge on any atom is 0.178 e. The van der Waals surface area contributed by atoms with Gasteiger partial charge in [-0.3, -0.25) is 9.97 Å². The first-order chi connectivity index (χ1) is 8.34. The van der Waals surface area contributed by atoms with Crippen molar-refractivity contribution in [3.05, 3.63) is 53.3 Å². The van der Waals surface area contributed by atoms with Crippen LogP contribution < -0.4 is 0 Å². The van der Waals surface area contributed by atoms with Gasteiger partial charge < -0.3 is 9.55 Å². The second-order valence-electron chi connectivity index (χ2n) is 3.77. The normalized spacial score (nSPS) is 10.8. The summed E-state index contributed by atoms with van der Waals surface area (Å²) in [5.41, 5.74) is 3.15. The molecule has 0 amide bonds. The van der Waals surface area contributed by atoms with Gasteiger partial charge in [-0.15, -0.1) is 0 Å². The molecule has 84 valence electrons. The van der Waals surface area contributed by atoms with Gasteiger partial charge in [0.1, 0.15) is 0 Å². The monoisotopic (exact) mass is 242 g/mol. The van der Waals surface area contributed by atoms with Crippen molar-refractivity contribution in [1.29, 1.82) is 0 Å². The second kappa shape index (κ2) is 4.10. The number of nitrogens with zero attached hydrogens (tertiary/aromatic N) is 3. The predicted octanol–water partition coefficient (Wildman–Crippen LogP) is 2.54. The average molecular weight is 242 g/mol. The van der Waals surface area contributed by atoms with Gasteiger partial charge in [0, 0.05) is 18.6 Å². The zero-order valence-electron chi connectivity index (χ0n) is 9.00. The highest BCUT2D eigenvalue weighted by Crippen LogP contribution is 2.13. The van der Waals surface area contributed by atoms with E-state index in [1.807, 2.05) is 29.0 Å². The minimum Gasteiger partial charge on any atom is -0.329 e. The van der Waals surface area contributed by atoms with E-state index in [0.717, 1.165) is 23.1 Å². The standard InChI is InChI=1S/C12H10N4S/c17-12-15-10-7-14-5-3-11(10)16(12)8-9-2-1-4-13-6-9/h1-7H,8H2,(H,15,17). The first-order valence-electron chi connectivity index (χ1n) is 5.26. The minimum atomic E-state index is 0.705. The molecular formula is C12H10N4S. The largest absolute Gasteiger partial charge is 0.329 e. The Hall–Kier alpha value is -2.01. The van der Waals surface area contributed by atoms with Crippen molar-refractivity contribution in [2.24, 2.45) is 0 Å². The van der Waals surface area contributed by atoms with Crippen molar-refractivity contribution in [3.8, 4) is 0 Å². The lowest BCUT2D eigenvalue weighted by Crippen LogP contribution is -1.99. The first kappa shape index (κ1) is 10.2. The molecule has 0 aromatic carbocycles. The molecule has 3 aromatic rings. The number of aromatic nitrogens is 4. The summed E-state index contributed by atoms with van der Waals surface area (Å²) in [4.78, 5) is 11.3. The molecule has 0 unspecified atom stereocenters. The van der Waals surface area contributed by atoms with E-state index in [1.165, 1.54) is 0 Å². The van der Waals surface area contributed by atoms with Gasteiger partial charge in [-0.2, -0.15) is 0 Å². The van der Waals surface area contributed by atoms with Crippen molar-refractivity contribution >= 4 is 23.3 Å². The van der Waals surface area contributed by atoms with Crippen LogP contribution in [0.4, 0.5) is 0 Å². The highest BCUT2D eigenvalue weighted by atomic mass is 32.1. The maximum atomic E-state index is 5.31. The molecule has 0 bridgehead atoms. The number of hydrogen-bond donors (Lipinski definition) is 1. The van der Waals surface area contributed by atoms with Crippen LogP contribution in [0, 0.1) is 4.77 Å². The summed E-state index contributed by atoms with van der Waals surface area (Å²) in [6, 6.07) is 5.92. The SMILES string of the molecule is S=c1[nH]c2cnccc2n1Cc1cccnc1. The molecule has 0 atom stereocenters. The van der Waals surface area contributed by atoms with Crippen molar-refractivity contribution in [3.63, 3.8) is 0 Å². The van der Waals surface area contributed by atoms with E-state index in [9.17, 15) is 0 Å². The number of aromatic amines is 1. The van der Waals surface area contributed by atoms with Gasteiger partial charge in [0.05, 0.1) is 23.8 Å². The molecule has 0 saturated heterocycles. The molecule has 0 saturated carbocycles. The fraction of sp³-hybridized carbons (Fsp3) is 0.0833. The number of nitrogens with one attached hydrogen (secondary N) is 1. The molecule has 1 N–H and O–H groups in total. The van der Waals surface area contributed by atoms with E-state index < -0.39 is 0 Å². The number of H-pyrrole nitrogens is 1. The number of pyridine rings is 2. The van der Waals surface area contributed by atoms with Crippen LogP contribution in [0.1, 0.15) is 5.56 Å². The number of imidazole rings is 1. The zero-order valence-corrected chi connectivity index (χ0v) is 9.81. The third-order valence-electron chi connectivity index (χ3n) is 2.64. The van der Waals surface area contributed by atoms with Crippen LogP contribution >= 0.6 is 12.2 Å². The molecule has 0 spiro atoms. The molecule has 3 heterocycles. The minimum absolute atomic E-state index is 0.705. The van der Waals surface area contributed by atoms with E-state index in [0.29, 0.717) is 4.77 Å². The lowest BCUT2D eigenvalue weighted by atomic mass is 10.3. The van der Waals surface area contributed by atoms with Crippen molar-refractivity contribution in [1.82, 2.24) is 19.5 Å². The predicted molar refractivity (Wildman–Crippen MR) is 68.3 cm³/mol. The van der Waals surface area contributed by atoms with Gasteiger partial charge in [-0.05, 0) is 29.9 Å². The lowest BCUT2D eigenvalue weighted by Gasteiger charge is -2.03. The van der Waals surface area contributed by atoms with Gasteiger partial charge in [-0.25, -0.2) is 0 Å². The smallest absolute Gasteiger partial charge is 0.178 e. The molecule has 3 aromatic heterocycles. The first-order valence-corrected chi connectivity index (χ1v) is 5.67. The van der Waals surface area contributed by atoms with Crippen LogP contribution in [0.3, 0.4) is 0 Å². The van der Waals surface area contributed by atoms with E-state index in [2.05, 4.69) is 15.0 Å². The van der Waals surface area contributed by atoms with Crippen molar-refractivity contribution in [2.45, 2.75) is 6.54 Å². The highest BCUT2D eigenvalue weighted by molar-refractivity contribution is 7.71. The van der Waals surface area contributed by atoms with Crippen LogP contribution in [0.2, 0.25) is 0 Å². The molecule has 3 rings (SSSR count). The molecule has 0 radical (unpaired) electrons. The summed E-state index contributed by atoms with van der Waals surface area (Å²) in [5.74, 6) is 0. The molecule has 0 fully saturated rings. The van der Waals surface area contributed by atoms with Gasteiger partial charge in [0.25, 0.3) is 0 Å². The highest BCUT2D eigenvalue weighted by Gasteiger charge is 2.04. The van der Waals surface area contributed by atoms with Crippen LogP contribution in [0.5, 0.6) is 0 Å². The fourth-order valence-corrected chi connectivity index (χ4v) is 2.11. The van der Waals surface area contributed by atoms with E-state index in [1.54, 1.807) is 18.6 Å². The van der Waals surface area contributed by atoms with Crippen LogP contribution in [0.15, 0.2) is 43.0 Å². The summed E-state index contributed by atoms with van der Waals surface area (Å²) in [6.45, 7) is 0.719. The third-order valence-corrected chi connectivity index (χ3v) is 2.96. The molecule has 0 aliphatic carbocycles. The number of rotatable bonds is 2. The summed E-state index contributed by atoms with van der Waals surface area (Å²) in [6.07, 6.45) is 7.17. The summed E-state index contributed by atoms with van der Waals surface area (Å²) >= 11 is 5.31. The number of fused-ring (bicyclic) bond motifs is 1. The van der Waals surface area contributed by atoms with Crippen molar-refractivity contribution in [2.75, 3.05) is 0 Å². The quantitative estimate of drug-likeness (QED) is 0.702. The Morgan fingerprint density at radius 1 is 1.18 bits per heavy atom. The van der Waals surface area contributed by atoms with Crippen molar-refractivity contribution < 1.29 is 0 Å². The van der Waals surface area contributed by atoms with Gasteiger partial charge >= 0.3 is 0 Å². The lowest BCUT2D eigenvalue weighted by molar-refractivity contribution is 0.806. The molecule has 4 nitrogen and oxygen atoms in total. The Bertz CT molecular complexity index is 699. The van der Waals surface area contributed by atoms with E-state index in [4.69, 9.17) is 12.2 Å². The molecule has 5 heteroatoms. The summed E-state index contributed by atoms with van der Waals surface area (Å²) in [5, 5.41) is 0. The van der Waals surface area contributed by atoms with Gasteiger partial charge in [-0.1, -0.05) is 6.07 Å². The van der Waals surface area contributed by atoms with E-state index >= 15 is 0 Å². The van der Waals surface area contributed by atoms with Crippen LogP contribution in [0.25, 0.3) is 11.0 Å². The van der Waals surface area contributed by atoms with Crippen LogP contribution in [-0.2, 0) is 6.54 Å². The number of hydrogen-bond acceptors (Lipinski definition) is 3. The molecule has 0 aliphatic rings. The Kier molecular flexibility index (Phi) is 2.45.